The maximum atomic E-state index is 11.9. The van der Waals surface area contributed by atoms with E-state index in [1.54, 1.807) is 46.4 Å². The van der Waals surface area contributed by atoms with Gasteiger partial charge in [-0.25, -0.2) is 4.79 Å². The van der Waals surface area contributed by atoms with Gasteiger partial charge in [-0.2, -0.15) is 0 Å². The summed E-state index contributed by atoms with van der Waals surface area (Å²) in [6.07, 6.45) is 1.01. The third-order valence-corrected chi connectivity index (χ3v) is 4.74. The van der Waals surface area contributed by atoms with Crippen molar-refractivity contribution in [1.82, 2.24) is 4.98 Å². The predicted molar refractivity (Wildman–Crippen MR) is 116 cm³/mol. The summed E-state index contributed by atoms with van der Waals surface area (Å²) in [7, 11) is 3.17. The molecule has 30 heavy (non-hydrogen) atoms. The average Bonchev–Trinajstić information content (AvgIpc) is 2.72. The Balaban J connectivity index is 1.94. The van der Waals surface area contributed by atoms with Gasteiger partial charge in [0, 0.05) is 23.3 Å². The van der Waals surface area contributed by atoms with Crippen molar-refractivity contribution in [3.63, 3.8) is 0 Å². The molecule has 1 aromatic heterocycles. The lowest BCUT2D eigenvalue weighted by atomic mass is 10.1. The fourth-order valence-corrected chi connectivity index (χ4v) is 3.05. The van der Waals surface area contributed by atoms with Crippen molar-refractivity contribution in [3.8, 4) is 23.0 Å². The molecule has 3 rings (SSSR count). The van der Waals surface area contributed by atoms with Crippen molar-refractivity contribution in [2.75, 3.05) is 19.5 Å². The molecular formula is C23H26N2O5. The molecule has 0 saturated heterocycles. The Morgan fingerprint density at radius 3 is 2.30 bits per heavy atom. The number of benzene rings is 2. The Hall–Kier alpha value is -3.48. The first-order valence-electron chi connectivity index (χ1n) is 9.60. The summed E-state index contributed by atoms with van der Waals surface area (Å²) in [5.74, 6) is 2.52. The molecule has 0 aliphatic rings. The van der Waals surface area contributed by atoms with Crippen LogP contribution in [0.25, 0.3) is 10.9 Å². The van der Waals surface area contributed by atoms with E-state index in [-0.39, 0.29) is 6.10 Å². The summed E-state index contributed by atoms with van der Waals surface area (Å²) in [4.78, 5) is 16.3. The zero-order valence-electron chi connectivity index (χ0n) is 18.0. The van der Waals surface area contributed by atoms with Gasteiger partial charge >= 0.3 is 6.09 Å². The topological polar surface area (TPSA) is 78.9 Å². The van der Waals surface area contributed by atoms with Crippen molar-refractivity contribution in [2.45, 2.75) is 33.8 Å². The van der Waals surface area contributed by atoms with Gasteiger partial charge in [-0.1, -0.05) is 0 Å². The van der Waals surface area contributed by atoms with Crippen LogP contribution in [0.2, 0.25) is 0 Å². The second kappa shape index (κ2) is 8.90. The highest BCUT2D eigenvalue weighted by molar-refractivity contribution is 5.89. The molecule has 7 nitrogen and oxygen atoms in total. The number of anilines is 1. The van der Waals surface area contributed by atoms with Gasteiger partial charge < -0.3 is 18.9 Å². The van der Waals surface area contributed by atoms with Crippen LogP contribution in [0.3, 0.4) is 0 Å². The third-order valence-electron chi connectivity index (χ3n) is 4.74. The van der Waals surface area contributed by atoms with Gasteiger partial charge in [0.15, 0.2) is 11.5 Å². The number of carbonyl (C=O) groups is 1. The first kappa shape index (κ1) is 21.2. The Morgan fingerprint density at radius 2 is 1.63 bits per heavy atom. The van der Waals surface area contributed by atoms with Crippen LogP contribution in [0.4, 0.5) is 10.5 Å². The lowest BCUT2D eigenvalue weighted by Crippen LogP contribution is -2.18. The fraction of sp³-hybridized carbons (Fsp3) is 0.304. The van der Waals surface area contributed by atoms with Gasteiger partial charge in [0.25, 0.3) is 0 Å². The zero-order chi connectivity index (χ0) is 21.8. The van der Waals surface area contributed by atoms with E-state index in [4.69, 9.17) is 18.9 Å². The highest BCUT2D eigenvalue weighted by Gasteiger charge is 2.15. The van der Waals surface area contributed by atoms with E-state index in [1.165, 1.54) is 0 Å². The molecule has 0 fully saturated rings. The minimum Gasteiger partial charge on any atom is -0.493 e. The van der Waals surface area contributed by atoms with Crippen LogP contribution < -0.4 is 19.5 Å². The van der Waals surface area contributed by atoms with Crippen molar-refractivity contribution >= 4 is 22.7 Å². The van der Waals surface area contributed by atoms with E-state index in [1.807, 2.05) is 32.0 Å². The normalized spacial score (nSPS) is 10.8. The van der Waals surface area contributed by atoms with Gasteiger partial charge in [0.05, 0.1) is 25.8 Å². The number of rotatable bonds is 6. The Kier molecular flexibility index (Phi) is 6.30. The van der Waals surface area contributed by atoms with E-state index >= 15 is 0 Å². The van der Waals surface area contributed by atoms with Crippen LogP contribution in [-0.2, 0) is 4.74 Å². The monoisotopic (exact) mass is 410 g/mol. The van der Waals surface area contributed by atoms with Crippen LogP contribution in [0.5, 0.6) is 23.0 Å². The van der Waals surface area contributed by atoms with E-state index < -0.39 is 6.09 Å². The molecule has 0 unspecified atom stereocenters. The van der Waals surface area contributed by atoms with Crippen LogP contribution >= 0.6 is 0 Å². The quantitative estimate of drug-likeness (QED) is 0.568. The molecular weight excluding hydrogens is 384 g/mol. The maximum Gasteiger partial charge on any atom is 0.411 e. The number of ether oxygens (including phenoxy) is 4. The van der Waals surface area contributed by atoms with Crippen molar-refractivity contribution < 1.29 is 23.7 Å². The number of methoxy groups -OCH3 is 2. The van der Waals surface area contributed by atoms with E-state index in [0.717, 1.165) is 22.0 Å². The van der Waals surface area contributed by atoms with Gasteiger partial charge in [-0.3, -0.25) is 10.3 Å². The van der Waals surface area contributed by atoms with Crippen LogP contribution in [-0.4, -0.2) is 31.4 Å². The molecule has 1 amide bonds. The lowest BCUT2D eigenvalue weighted by molar-refractivity contribution is 0.130. The lowest BCUT2D eigenvalue weighted by Gasteiger charge is -2.17. The molecule has 1 heterocycles. The second-order valence-corrected chi connectivity index (χ2v) is 7.08. The molecule has 0 spiro atoms. The van der Waals surface area contributed by atoms with Gasteiger partial charge in [-0.15, -0.1) is 0 Å². The minimum atomic E-state index is -0.484. The first-order chi connectivity index (χ1) is 14.3. The van der Waals surface area contributed by atoms with E-state index in [9.17, 15) is 4.79 Å². The van der Waals surface area contributed by atoms with Crippen LogP contribution in [0.1, 0.15) is 25.0 Å². The third kappa shape index (κ3) is 4.40. The first-order valence-corrected chi connectivity index (χ1v) is 9.60. The standard InChI is InChI=1S/C23H26N2O5/c1-13(2)29-23(26)25-17-7-8-19(15(4)14(17)3)30-20-9-10-24-18-12-22(28-6)21(27-5)11-16(18)20/h7-13H,1-6H3,(H,25,26). The number of carbonyl (C=O) groups excluding carboxylic acids is 1. The maximum absolute atomic E-state index is 11.9. The molecule has 0 atom stereocenters. The fourth-order valence-electron chi connectivity index (χ4n) is 3.05. The van der Waals surface area contributed by atoms with E-state index in [0.29, 0.717) is 28.7 Å². The SMILES string of the molecule is COc1cc2nccc(Oc3ccc(NC(=O)OC(C)C)c(C)c3C)c2cc1OC. The molecule has 2 aromatic carbocycles. The number of hydrogen-bond acceptors (Lipinski definition) is 6. The molecule has 0 bridgehead atoms. The molecule has 1 N–H and O–H groups in total. The predicted octanol–water partition coefficient (Wildman–Crippen LogP) is 5.62. The summed E-state index contributed by atoms with van der Waals surface area (Å²) in [6.45, 7) is 7.47. The number of nitrogens with one attached hydrogen (secondary N) is 1. The summed E-state index contributed by atoms with van der Waals surface area (Å²) in [5, 5.41) is 3.57. The molecule has 0 saturated carbocycles. The smallest absolute Gasteiger partial charge is 0.411 e. The minimum absolute atomic E-state index is 0.190. The molecule has 158 valence electrons. The summed E-state index contributed by atoms with van der Waals surface area (Å²) in [6, 6.07) is 9.07. The Labute approximate surface area is 175 Å². The number of fused-ring (bicyclic) bond motifs is 1. The number of hydrogen-bond donors (Lipinski definition) is 1. The molecule has 7 heteroatoms. The van der Waals surface area contributed by atoms with Crippen molar-refractivity contribution in [2.24, 2.45) is 0 Å². The number of amides is 1. The van der Waals surface area contributed by atoms with Crippen molar-refractivity contribution in [3.05, 3.63) is 47.7 Å². The highest BCUT2D eigenvalue weighted by Crippen LogP contribution is 2.38. The largest absolute Gasteiger partial charge is 0.493 e. The summed E-state index contributed by atoms with van der Waals surface area (Å²) < 4.78 is 22.1. The zero-order valence-corrected chi connectivity index (χ0v) is 18.0. The molecule has 0 aliphatic heterocycles. The summed E-state index contributed by atoms with van der Waals surface area (Å²) in [5.41, 5.74) is 3.21. The molecule has 0 aliphatic carbocycles. The summed E-state index contributed by atoms with van der Waals surface area (Å²) >= 11 is 0. The number of aromatic nitrogens is 1. The number of nitrogens with zero attached hydrogens (tertiary/aromatic N) is 1. The Bertz CT molecular complexity index is 1080. The highest BCUT2D eigenvalue weighted by atomic mass is 16.6. The number of pyridine rings is 1. The molecule has 0 radical (unpaired) electrons. The second-order valence-electron chi connectivity index (χ2n) is 7.08. The Morgan fingerprint density at radius 1 is 0.933 bits per heavy atom. The van der Waals surface area contributed by atoms with Gasteiger partial charge in [0.1, 0.15) is 11.5 Å². The van der Waals surface area contributed by atoms with Crippen LogP contribution in [0.15, 0.2) is 36.5 Å². The average molecular weight is 410 g/mol. The van der Waals surface area contributed by atoms with Crippen molar-refractivity contribution in [1.29, 1.82) is 0 Å². The van der Waals surface area contributed by atoms with E-state index in [2.05, 4.69) is 10.3 Å². The van der Waals surface area contributed by atoms with Gasteiger partial charge in [-0.05, 0) is 63.1 Å². The van der Waals surface area contributed by atoms with Gasteiger partial charge in [0.2, 0.25) is 0 Å². The molecule has 3 aromatic rings. The van der Waals surface area contributed by atoms with Crippen LogP contribution in [0, 0.1) is 13.8 Å².